The van der Waals surface area contributed by atoms with E-state index in [9.17, 15) is 28.5 Å². The number of hydrogen-bond acceptors (Lipinski definition) is 7. The predicted octanol–water partition coefficient (Wildman–Crippen LogP) is 1.57. The molecule has 164 valence electrons. The van der Waals surface area contributed by atoms with Gasteiger partial charge in [0.2, 0.25) is 0 Å². The second-order valence-corrected chi connectivity index (χ2v) is 10.2. The van der Waals surface area contributed by atoms with Crippen LogP contribution < -0.4 is 0 Å². The topological polar surface area (TPSA) is 124 Å². The van der Waals surface area contributed by atoms with E-state index in [-0.39, 0.29) is 12.4 Å². The van der Waals surface area contributed by atoms with Crippen LogP contribution in [0.1, 0.15) is 71.1 Å². The molecule has 9 heteroatoms. The van der Waals surface area contributed by atoms with Gasteiger partial charge in [-0.25, -0.2) is 13.2 Å². The third kappa shape index (κ3) is 5.58. The van der Waals surface area contributed by atoms with Crippen molar-refractivity contribution in [2.24, 2.45) is 0 Å². The minimum absolute atomic E-state index is 0.176. The molecule has 1 amide bonds. The van der Waals surface area contributed by atoms with Gasteiger partial charge in [0, 0.05) is 0 Å². The standard InChI is InChI=1S/C19H35NO7S/c1-2-3-4-5-6-7-8-9-10-11-12-28(25,26)18-17(23)16(22)15(21)14-13-27-19(24)20(14)18/h14-18,21-23H,2-13H2,1H3/t14?,15-,16?,17?,18-/m1/s1. The molecule has 0 bridgehead atoms. The maximum absolute atomic E-state index is 12.8. The Balaban J connectivity index is 1.79. The monoisotopic (exact) mass is 421 g/mol. The van der Waals surface area contributed by atoms with Crippen molar-refractivity contribution in [3.05, 3.63) is 0 Å². The Kier molecular flexibility index (Phi) is 8.98. The lowest BCUT2D eigenvalue weighted by Gasteiger charge is -2.43. The summed E-state index contributed by atoms with van der Waals surface area (Å²) in [6, 6.07) is -0.960. The molecule has 2 aliphatic heterocycles. The molecule has 2 aliphatic rings. The van der Waals surface area contributed by atoms with Crippen LogP contribution >= 0.6 is 0 Å². The maximum atomic E-state index is 12.8. The zero-order chi connectivity index (χ0) is 20.7. The zero-order valence-corrected chi connectivity index (χ0v) is 17.5. The van der Waals surface area contributed by atoms with Crippen molar-refractivity contribution >= 4 is 15.9 Å². The first-order chi connectivity index (χ1) is 13.3. The molecule has 0 radical (unpaired) electrons. The lowest BCUT2D eigenvalue weighted by Crippen LogP contribution is -2.67. The number of sulfone groups is 1. The van der Waals surface area contributed by atoms with E-state index in [1.807, 2.05) is 0 Å². The molecule has 2 fully saturated rings. The average Bonchev–Trinajstić information content (AvgIpc) is 3.02. The van der Waals surface area contributed by atoms with E-state index in [1.165, 1.54) is 32.1 Å². The fourth-order valence-electron chi connectivity index (χ4n) is 4.06. The van der Waals surface area contributed by atoms with Crippen LogP contribution in [0.4, 0.5) is 4.79 Å². The molecular formula is C19H35NO7S. The van der Waals surface area contributed by atoms with Crippen molar-refractivity contribution in [1.29, 1.82) is 0 Å². The Morgan fingerprint density at radius 2 is 1.43 bits per heavy atom. The zero-order valence-electron chi connectivity index (χ0n) is 16.7. The number of fused-ring (bicyclic) bond motifs is 1. The van der Waals surface area contributed by atoms with Crippen molar-refractivity contribution in [3.8, 4) is 0 Å². The van der Waals surface area contributed by atoms with Crippen LogP contribution in [0.2, 0.25) is 0 Å². The molecule has 0 spiro atoms. The van der Waals surface area contributed by atoms with Crippen LogP contribution in [0, 0.1) is 0 Å². The number of piperidine rings is 1. The Hall–Kier alpha value is -0.900. The van der Waals surface area contributed by atoms with E-state index >= 15 is 0 Å². The molecule has 2 saturated heterocycles. The van der Waals surface area contributed by atoms with E-state index < -0.39 is 45.7 Å². The van der Waals surface area contributed by atoms with Gasteiger partial charge in [-0.1, -0.05) is 64.7 Å². The van der Waals surface area contributed by atoms with Gasteiger partial charge < -0.3 is 20.1 Å². The van der Waals surface area contributed by atoms with E-state index in [0.717, 1.165) is 30.6 Å². The van der Waals surface area contributed by atoms with Crippen LogP contribution in [0.25, 0.3) is 0 Å². The first-order valence-electron chi connectivity index (χ1n) is 10.5. The van der Waals surface area contributed by atoms with E-state index in [2.05, 4.69) is 6.92 Å². The molecule has 0 saturated carbocycles. The third-order valence-electron chi connectivity index (χ3n) is 5.76. The van der Waals surface area contributed by atoms with Gasteiger partial charge in [0.05, 0.1) is 11.8 Å². The van der Waals surface area contributed by atoms with Gasteiger partial charge in [-0.15, -0.1) is 0 Å². The minimum Gasteiger partial charge on any atom is -0.447 e. The summed E-state index contributed by atoms with van der Waals surface area (Å²) in [7, 11) is -3.88. The molecule has 3 N–H and O–H groups in total. The summed E-state index contributed by atoms with van der Waals surface area (Å²) in [5.74, 6) is -0.176. The molecule has 0 aromatic heterocycles. The lowest BCUT2D eigenvalue weighted by atomic mass is 9.95. The average molecular weight is 422 g/mol. The van der Waals surface area contributed by atoms with Gasteiger partial charge in [0.1, 0.15) is 24.9 Å². The minimum atomic E-state index is -3.88. The highest BCUT2D eigenvalue weighted by molar-refractivity contribution is 7.92. The van der Waals surface area contributed by atoms with Crippen LogP contribution in [-0.2, 0) is 14.6 Å². The van der Waals surface area contributed by atoms with Crippen LogP contribution in [0.5, 0.6) is 0 Å². The Morgan fingerprint density at radius 1 is 0.893 bits per heavy atom. The number of aliphatic hydroxyl groups is 3. The molecule has 0 aromatic carbocycles. The van der Waals surface area contributed by atoms with E-state index in [4.69, 9.17) is 4.74 Å². The molecule has 0 aliphatic carbocycles. The molecule has 0 aromatic rings. The first kappa shape index (κ1) is 23.4. The second kappa shape index (κ2) is 10.8. The molecule has 28 heavy (non-hydrogen) atoms. The number of carbonyl (C=O) groups excluding carboxylic acids is 1. The molecule has 8 nitrogen and oxygen atoms in total. The number of rotatable bonds is 12. The molecular weight excluding hydrogens is 386 g/mol. The van der Waals surface area contributed by atoms with Crippen LogP contribution in [-0.4, -0.2) is 76.8 Å². The van der Waals surface area contributed by atoms with Crippen molar-refractivity contribution in [3.63, 3.8) is 0 Å². The van der Waals surface area contributed by atoms with Gasteiger partial charge in [-0.05, 0) is 6.42 Å². The number of hydrogen-bond donors (Lipinski definition) is 3. The molecule has 5 atom stereocenters. The van der Waals surface area contributed by atoms with Gasteiger partial charge in [-0.2, -0.15) is 0 Å². The fraction of sp³-hybridized carbons (Fsp3) is 0.947. The highest BCUT2D eigenvalue weighted by Gasteiger charge is 2.57. The number of aliphatic hydroxyl groups excluding tert-OH is 3. The van der Waals surface area contributed by atoms with Gasteiger partial charge in [-0.3, -0.25) is 4.90 Å². The second-order valence-electron chi connectivity index (χ2n) is 7.96. The van der Waals surface area contributed by atoms with E-state index in [0.29, 0.717) is 6.42 Å². The molecule has 2 heterocycles. The smallest absolute Gasteiger partial charge is 0.411 e. The lowest BCUT2D eigenvalue weighted by molar-refractivity contribution is -0.126. The quantitative estimate of drug-likeness (QED) is 0.409. The summed E-state index contributed by atoms with van der Waals surface area (Å²) in [4.78, 5) is 12.8. The highest BCUT2D eigenvalue weighted by atomic mass is 32.2. The van der Waals surface area contributed by atoms with E-state index in [1.54, 1.807) is 0 Å². The van der Waals surface area contributed by atoms with Crippen molar-refractivity contribution < 1.29 is 33.3 Å². The summed E-state index contributed by atoms with van der Waals surface area (Å²) in [6.45, 7) is 1.99. The largest absolute Gasteiger partial charge is 0.447 e. The van der Waals surface area contributed by atoms with Crippen LogP contribution in [0.3, 0.4) is 0 Å². The van der Waals surface area contributed by atoms with Gasteiger partial charge >= 0.3 is 6.09 Å². The van der Waals surface area contributed by atoms with Crippen LogP contribution in [0.15, 0.2) is 0 Å². The van der Waals surface area contributed by atoms with Gasteiger partial charge in [0.25, 0.3) is 0 Å². The molecule has 3 unspecified atom stereocenters. The summed E-state index contributed by atoms with van der Waals surface area (Å²) in [5, 5.41) is 28.7. The Morgan fingerprint density at radius 3 is 2.00 bits per heavy atom. The SMILES string of the molecule is CCCCCCCCCCCCS(=O)(=O)[C@@H]1C(O)C(O)[C@H](O)C2COC(=O)N21. The number of cyclic esters (lactones) is 1. The number of unbranched alkanes of at least 4 members (excludes halogenated alkanes) is 9. The third-order valence-corrected chi connectivity index (χ3v) is 7.86. The summed E-state index contributed by atoms with van der Waals surface area (Å²) >= 11 is 0. The highest BCUT2D eigenvalue weighted by Crippen LogP contribution is 2.33. The molecule has 2 rings (SSSR count). The Labute approximate surface area is 167 Å². The van der Waals surface area contributed by atoms with Crippen molar-refractivity contribution in [2.75, 3.05) is 12.4 Å². The van der Waals surface area contributed by atoms with Gasteiger partial charge in [0.15, 0.2) is 15.2 Å². The van der Waals surface area contributed by atoms with Crippen molar-refractivity contribution in [2.45, 2.75) is 101 Å². The normalized spacial score (nSPS) is 30.4. The predicted molar refractivity (Wildman–Crippen MR) is 104 cm³/mol. The maximum Gasteiger partial charge on any atom is 0.411 e. The first-order valence-corrected chi connectivity index (χ1v) is 12.2. The summed E-state index contributed by atoms with van der Waals surface area (Å²) in [5.41, 5.74) is 0. The van der Waals surface area contributed by atoms with Crippen molar-refractivity contribution in [1.82, 2.24) is 4.90 Å². The Bertz CT molecular complexity index is 597. The number of amides is 1. The number of ether oxygens (including phenoxy) is 1. The number of nitrogens with zero attached hydrogens (tertiary/aromatic N) is 1. The summed E-state index contributed by atoms with van der Waals surface area (Å²) < 4.78 is 30.4. The summed E-state index contributed by atoms with van der Waals surface area (Å²) in [6.07, 6.45) is 4.92. The fourth-order valence-corrected chi connectivity index (χ4v) is 6.08. The number of carbonyl (C=O) groups is 1.